The molecule has 196 valence electrons. The van der Waals surface area contributed by atoms with Crippen molar-refractivity contribution in [1.82, 2.24) is 0 Å². The van der Waals surface area contributed by atoms with E-state index >= 15 is 0 Å². The first kappa shape index (κ1) is 24.2. The first-order chi connectivity index (χ1) is 16.8. The first-order valence-corrected chi connectivity index (χ1v) is 13.0. The Kier molecular flexibility index (Phi) is 4.71. The SMILES string of the molecule is CC(=O)OC1CC2C(C)(C)C(=O)CC(O)C2(C)C2CCC3(C)C(c4ccoc4)OC(=O)C4OC43C12C. The van der Waals surface area contributed by atoms with Crippen molar-refractivity contribution >= 4 is 17.7 Å². The lowest BCUT2D eigenvalue weighted by Gasteiger charge is -2.70. The maximum absolute atomic E-state index is 13.3. The molecule has 1 aromatic rings. The van der Waals surface area contributed by atoms with Crippen LogP contribution >= 0.6 is 0 Å². The minimum Gasteiger partial charge on any atom is -0.472 e. The van der Waals surface area contributed by atoms with Crippen LogP contribution < -0.4 is 0 Å². The van der Waals surface area contributed by atoms with Gasteiger partial charge in [0, 0.05) is 40.6 Å². The topological polar surface area (TPSA) is 116 Å². The third kappa shape index (κ3) is 2.50. The number of cyclic esters (lactones) is 1. The number of esters is 2. The number of Topliss-reactive ketones (excluding diaryl/α,β-unsaturated/α-hetero) is 1. The molecular formula is C28H36O8. The van der Waals surface area contributed by atoms with Crippen molar-refractivity contribution in [3.63, 3.8) is 0 Å². The predicted octanol–water partition coefficient (Wildman–Crippen LogP) is 3.76. The maximum Gasteiger partial charge on any atom is 0.339 e. The molecule has 1 spiro atoms. The highest BCUT2D eigenvalue weighted by Crippen LogP contribution is 2.80. The molecule has 2 saturated heterocycles. The Morgan fingerprint density at radius 2 is 1.83 bits per heavy atom. The van der Waals surface area contributed by atoms with Gasteiger partial charge in [0.25, 0.3) is 0 Å². The smallest absolute Gasteiger partial charge is 0.339 e. The van der Waals surface area contributed by atoms with Crippen LogP contribution in [0.5, 0.6) is 0 Å². The quantitative estimate of drug-likeness (QED) is 0.482. The number of aliphatic hydroxyl groups excluding tert-OH is 1. The van der Waals surface area contributed by atoms with Crippen LogP contribution in [0.1, 0.15) is 78.9 Å². The lowest BCUT2D eigenvalue weighted by Crippen LogP contribution is -2.75. The Morgan fingerprint density at radius 3 is 2.47 bits per heavy atom. The van der Waals surface area contributed by atoms with Crippen LogP contribution in [0.25, 0.3) is 0 Å². The molecule has 2 aliphatic heterocycles. The van der Waals surface area contributed by atoms with Gasteiger partial charge in [-0.25, -0.2) is 4.79 Å². The van der Waals surface area contributed by atoms with E-state index in [-0.39, 0.29) is 24.0 Å². The van der Waals surface area contributed by atoms with Crippen LogP contribution in [0.3, 0.4) is 0 Å². The molecule has 6 rings (SSSR count). The van der Waals surface area contributed by atoms with Crippen LogP contribution in [-0.4, -0.2) is 46.7 Å². The molecular weight excluding hydrogens is 464 g/mol. The Bertz CT molecular complexity index is 1140. The lowest BCUT2D eigenvalue weighted by molar-refractivity contribution is -0.279. The zero-order valence-electron chi connectivity index (χ0n) is 21.8. The third-order valence-corrected chi connectivity index (χ3v) is 11.4. The lowest BCUT2D eigenvalue weighted by atomic mass is 9.34. The van der Waals surface area contributed by atoms with Crippen molar-refractivity contribution in [1.29, 1.82) is 0 Å². The summed E-state index contributed by atoms with van der Waals surface area (Å²) < 4.78 is 23.9. The van der Waals surface area contributed by atoms with Gasteiger partial charge in [0.1, 0.15) is 23.6 Å². The van der Waals surface area contributed by atoms with Crippen LogP contribution in [0.4, 0.5) is 0 Å². The van der Waals surface area contributed by atoms with Crippen LogP contribution in [0.2, 0.25) is 0 Å². The van der Waals surface area contributed by atoms with Crippen molar-refractivity contribution in [3.8, 4) is 0 Å². The summed E-state index contributed by atoms with van der Waals surface area (Å²) in [5.74, 6) is -1.14. The summed E-state index contributed by atoms with van der Waals surface area (Å²) in [7, 11) is 0. The molecule has 5 aliphatic rings. The zero-order chi connectivity index (χ0) is 26.1. The molecule has 3 saturated carbocycles. The van der Waals surface area contributed by atoms with Gasteiger partial charge in [0.2, 0.25) is 0 Å². The average molecular weight is 501 g/mol. The monoisotopic (exact) mass is 500 g/mol. The molecule has 1 N–H and O–H groups in total. The molecule has 0 amide bonds. The van der Waals surface area contributed by atoms with Crippen molar-refractivity contribution in [3.05, 3.63) is 24.2 Å². The number of epoxide rings is 1. The van der Waals surface area contributed by atoms with Crippen molar-refractivity contribution < 1.29 is 38.1 Å². The molecule has 36 heavy (non-hydrogen) atoms. The molecule has 0 aromatic carbocycles. The van der Waals surface area contributed by atoms with Gasteiger partial charge in [-0.2, -0.15) is 0 Å². The highest BCUT2D eigenvalue weighted by Gasteiger charge is 2.89. The van der Waals surface area contributed by atoms with Gasteiger partial charge in [0.15, 0.2) is 6.10 Å². The van der Waals surface area contributed by atoms with Crippen LogP contribution in [0, 0.1) is 33.5 Å². The molecule has 8 heteroatoms. The molecule has 0 radical (unpaired) electrons. The third-order valence-electron chi connectivity index (χ3n) is 11.4. The minimum absolute atomic E-state index is 0.0308. The Labute approximate surface area is 211 Å². The maximum atomic E-state index is 13.3. The molecule has 0 bridgehead atoms. The van der Waals surface area contributed by atoms with Gasteiger partial charge in [-0.15, -0.1) is 0 Å². The summed E-state index contributed by atoms with van der Waals surface area (Å²) in [6.45, 7) is 11.6. The van der Waals surface area contributed by atoms with Crippen molar-refractivity contribution in [2.24, 2.45) is 33.5 Å². The normalized spacial score (nSPS) is 50.6. The summed E-state index contributed by atoms with van der Waals surface area (Å²) in [6, 6.07) is 1.81. The van der Waals surface area contributed by atoms with Crippen LogP contribution in [-0.2, 0) is 28.6 Å². The van der Waals surface area contributed by atoms with E-state index in [1.54, 1.807) is 12.5 Å². The fraction of sp³-hybridized carbons (Fsp3) is 0.750. The number of ether oxygens (including phenoxy) is 3. The van der Waals surface area contributed by atoms with E-state index in [2.05, 4.69) is 20.8 Å². The zero-order valence-corrected chi connectivity index (χ0v) is 21.8. The fourth-order valence-corrected chi connectivity index (χ4v) is 9.64. The van der Waals surface area contributed by atoms with Gasteiger partial charge in [-0.3, -0.25) is 9.59 Å². The molecule has 10 unspecified atom stereocenters. The second-order valence-corrected chi connectivity index (χ2v) is 13.0. The second kappa shape index (κ2) is 7.01. The Balaban J connectivity index is 1.55. The van der Waals surface area contributed by atoms with E-state index in [9.17, 15) is 19.5 Å². The van der Waals surface area contributed by atoms with Gasteiger partial charge < -0.3 is 23.7 Å². The van der Waals surface area contributed by atoms with Crippen molar-refractivity contribution in [2.45, 2.75) is 97.2 Å². The fourth-order valence-electron chi connectivity index (χ4n) is 9.64. The summed E-state index contributed by atoms with van der Waals surface area (Å²) in [4.78, 5) is 38.8. The van der Waals surface area contributed by atoms with Gasteiger partial charge in [0.05, 0.1) is 18.6 Å². The molecule has 10 atom stereocenters. The van der Waals surface area contributed by atoms with Gasteiger partial charge >= 0.3 is 11.9 Å². The molecule has 8 nitrogen and oxygen atoms in total. The number of carbonyl (C=O) groups excluding carboxylic acids is 3. The van der Waals surface area contributed by atoms with E-state index in [4.69, 9.17) is 18.6 Å². The highest BCUT2D eigenvalue weighted by molar-refractivity contribution is 5.86. The Morgan fingerprint density at radius 1 is 1.11 bits per heavy atom. The number of hydrogen-bond donors (Lipinski definition) is 1. The summed E-state index contributed by atoms with van der Waals surface area (Å²) >= 11 is 0. The number of carbonyl (C=O) groups is 3. The van der Waals surface area contributed by atoms with E-state index in [0.717, 1.165) is 5.56 Å². The minimum atomic E-state index is -0.945. The standard InChI is InChI=1S/C28H36O8/c1-14(29)34-20-11-17-24(2,3)18(30)12-19(31)26(17,5)16-7-9-25(4)21(15-8-10-33-13-15)35-23(32)22-28(25,36-22)27(16,20)6/h8,10,13,16-17,19-22,31H,7,9,11-12H2,1-6H3. The van der Waals surface area contributed by atoms with E-state index in [1.165, 1.54) is 6.92 Å². The van der Waals surface area contributed by atoms with E-state index in [0.29, 0.717) is 19.3 Å². The summed E-state index contributed by atoms with van der Waals surface area (Å²) in [5.41, 5.74) is -2.87. The number of ketones is 1. The van der Waals surface area contributed by atoms with Gasteiger partial charge in [-0.1, -0.05) is 34.6 Å². The van der Waals surface area contributed by atoms with Crippen molar-refractivity contribution in [2.75, 3.05) is 0 Å². The number of hydrogen-bond acceptors (Lipinski definition) is 8. The predicted molar refractivity (Wildman–Crippen MR) is 125 cm³/mol. The van der Waals surface area contributed by atoms with Gasteiger partial charge in [-0.05, 0) is 37.2 Å². The van der Waals surface area contributed by atoms with Crippen LogP contribution in [0.15, 0.2) is 23.0 Å². The number of furan rings is 1. The molecule has 3 aliphatic carbocycles. The molecule has 5 fully saturated rings. The highest BCUT2D eigenvalue weighted by atomic mass is 16.7. The Hall–Kier alpha value is -2.19. The molecule has 3 heterocycles. The average Bonchev–Trinajstić information content (AvgIpc) is 3.36. The number of rotatable bonds is 2. The number of fused-ring (bicyclic) bond motifs is 3. The second-order valence-electron chi connectivity index (χ2n) is 13.0. The summed E-state index contributed by atoms with van der Waals surface area (Å²) in [5, 5.41) is 11.5. The van der Waals surface area contributed by atoms with E-state index in [1.807, 2.05) is 19.9 Å². The molecule has 1 aromatic heterocycles. The summed E-state index contributed by atoms with van der Waals surface area (Å²) in [6.07, 6.45) is 2.32. The van der Waals surface area contributed by atoms with E-state index < -0.39 is 63.6 Å². The number of aliphatic hydroxyl groups is 1. The first-order valence-electron chi connectivity index (χ1n) is 13.0. The largest absolute Gasteiger partial charge is 0.472 e.